The van der Waals surface area contributed by atoms with Crippen LogP contribution in [0.1, 0.15) is 26.3 Å². The number of benzene rings is 1. The molecule has 0 aromatic heterocycles. The third kappa shape index (κ3) is 4.37. The maximum absolute atomic E-state index is 11.9. The van der Waals surface area contributed by atoms with Gasteiger partial charge in [-0.3, -0.25) is 4.79 Å². The number of ether oxygens (including phenoxy) is 1. The summed E-state index contributed by atoms with van der Waals surface area (Å²) < 4.78 is 5.59. The lowest BCUT2D eigenvalue weighted by Gasteiger charge is -2.26. The Hall–Kier alpha value is -1.55. The van der Waals surface area contributed by atoms with Crippen LogP contribution >= 0.6 is 0 Å². The predicted octanol–water partition coefficient (Wildman–Crippen LogP) is 1.62. The van der Waals surface area contributed by atoms with Crippen molar-refractivity contribution in [3.05, 3.63) is 29.8 Å². The molecule has 0 aliphatic rings. The van der Waals surface area contributed by atoms with Gasteiger partial charge in [0.2, 0.25) is 0 Å². The summed E-state index contributed by atoms with van der Waals surface area (Å²) in [4.78, 5) is 11.9. The van der Waals surface area contributed by atoms with Crippen LogP contribution in [0, 0.1) is 6.92 Å². The zero-order valence-corrected chi connectivity index (χ0v) is 11.5. The maximum Gasteiger partial charge on any atom is 0.261 e. The normalized spacial score (nSPS) is 12.9. The predicted molar refractivity (Wildman–Crippen MR) is 72.5 cm³/mol. The first kappa shape index (κ1) is 14.5. The summed E-state index contributed by atoms with van der Waals surface area (Å²) in [6.07, 6.45) is -0.544. The number of nitrogens with one attached hydrogen (secondary N) is 1. The van der Waals surface area contributed by atoms with Gasteiger partial charge in [0.15, 0.2) is 6.10 Å². The molecule has 1 rings (SSSR count). The highest BCUT2D eigenvalue weighted by atomic mass is 16.5. The van der Waals surface area contributed by atoms with Gasteiger partial charge in [-0.15, -0.1) is 0 Å². The van der Waals surface area contributed by atoms with Crippen LogP contribution in [0.2, 0.25) is 0 Å². The summed E-state index contributed by atoms with van der Waals surface area (Å²) in [6, 6.07) is 7.62. The Morgan fingerprint density at radius 3 is 2.72 bits per heavy atom. The molecule has 1 unspecified atom stereocenters. The van der Waals surface area contributed by atoms with E-state index in [9.17, 15) is 4.79 Å². The Morgan fingerprint density at radius 2 is 2.17 bits per heavy atom. The number of nitrogens with two attached hydrogens (primary N) is 1. The molecule has 1 atom stereocenters. The molecule has 0 bridgehead atoms. The summed E-state index contributed by atoms with van der Waals surface area (Å²) in [5, 5.41) is 2.85. The van der Waals surface area contributed by atoms with Gasteiger partial charge in [-0.2, -0.15) is 0 Å². The molecule has 0 heterocycles. The molecule has 0 aliphatic carbocycles. The molecule has 4 heteroatoms. The van der Waals surface area contributed by atoms with Crippen LogP contribution in [0.4, 0.5) is 0 Å². The second kappa shape index (κ2) is 5.87. The van der Waals surface area contributed by atoms with Crippen molar-refractivity contribution in [1.82, 2.24) is 5.32 Å². The van der Waals surface area contributed by atoms with E-state index in [1.807, 2.05) is 45.0 Å². The van der Waals surface area contributed by atoms with Gasteiger partial charge in [0.1, 0.15) is 5.75 Å². The third-order valence-electron chi connectivity index (χ3n) is 2.64. The number of amides is 1. The van der Waals surface area contributed by atoms with Crippen LogP contribution in [0.3, 0.4) is 0 Å². The van der Waals surface area contributed by atoms with Crippen molar-refractivity contribution in [3.8, 4) is 5.75 Å². The fraction of sp³-hybridized carbons (Fsp3) is 0.500. The quantitative estimate of drug-likeness (QED) is 0.834. The molecule has 100 valence electrons. The van der Waals surface area contributed by atoms with Crippen molar-refractivity contribution in [1.29, 1.82) is 0 Å². The van der Waals surface area contributed by atoms with Crippen molar-refractivity contribution < 1.29 is 9.53 Å². The lowest BCUT2D eigenvalue weighted by molar-refractivity contribution is -0.128. The van der Waals surface area contributed by atoms with Crippen molar-refractivity contribution in [2.75, 3.05) is 6.54 Å². The average molecular weight is 250 g/mol. The lowest BCUT2D eigenvalue weighted by atomic mass is 10.1. The summed E-state index contributed by atoms with van der Waals surface area (Å²) in [6.45, 7) is 7.85. The first-order chi connectivity index (χ1) is 8.34. The molecular weight excluding hydrogens is 228 g/mol. The number of hydrogen-bond acceptors (Lipinski definition) is 3. The Balaban J connectivity index is 2.60. The van der Waals surface area contributed by atoms with E-state index >= 15 is 0 Å². The summed E-state index contributed by atoms with van der Waals surface area (Å²) in [5.41, 5.74) is 6.26. The second-order valence-electron chi connectivity index (χ2n) is 5.15. The van der Waals surface area contributed by atoms with Crippen LogP contribution in [0.5, 0.6) is 5.75 Å². The van der Waals surface area contributed by atoms with E-state index in [2.05, 4.69) is 5.32 Å². The highest BCUT2D eigenvalue weighted by Gasteiger charge is 2.23. The van der Waals surface area contributed by atoms with Crippen LogP contribution in [-0.4, -0.2) is 24.1 Å². The molecule has 18 heavy (non-hydrogen) atoms. The molecule has 0 aliphatic heterocycles. The fourth-order valence-electron chi connectivity index (χ4n) is 1.43. The molecule has 1 aromatic carbocycles. The molecule has 0 fully saturated rings. The minimum Gasteiger partial charge on any atom is -0.481 e. The Morgan fingerprint density at radius 1 is 1.50 bits per heavy atom. The standard InChI is InChI=1S/C14H22N2O2/c1-10-6-5-7-12(8-10)18-11(2)13(17)16-14(3,4)9-15/h5-8,11H,9,15H2,1-4H3,(H,16,17). The average Bonchev–Trinajstić information content (AvgIpc) is 2.28. The Kier molecular flexibility index (Phi) is 4.73. The number of rotatable bonds is 5. The van der Waals surface area contributed by atoms with Gasteiger partial charge in [0.05, 0.1) is 0 Å². The monoisotopic (exact) mass is 250 g/mol. The first-order valence-electron chi connectivity index (χ1n) is 6.09. The molecule has 1 amide bonds. The highest BCUT2D eigenvalue weighted by molar-refractivity contribution is 5.81. The second-order valence-corrected chi connectivity index (χ2v) is 5.15. The number of carbonyl (C=O) groups is 1. The molecule has 0 saturated carbocycles. The van der Waals surface area contributed by atoms with Gasteiger partial charge in [-0.1, -0.05) is 12.1 Å². The van der Waals surface area contributed by atoms with Gasteiger partial charge >= 0.3 is 0 Å². The van der Waals surface area contributed by atoms with E-state index in [1.54, 1.807) is 6.92 Å². The van der Waals surface area contributed by atoms with Gasteiger partial charge in [-0.25, -0.2) is 0 Å². The van der Waals surface area contributed by atoms with E-state index in [-0.39, 0.29) is 5.91 Å². The topological polar surface area (TPSA) is 64.3 Å². The molecule has 4 nitrogen and oxygen atoms in total. The summed E-state index contributed by atoms with van der Waals surface area (Å²) >= 11 is 0. The number of aryl methyl sites for hydroxylation is 1. The summed E-state index contributed by atoms with van der Waals surface area (Å²) in [7, 11) is 0. The van der Waals surface area contributed by atoms with Gasteiger partial charge in [0.25, 0.3) is 5.91 Å². The number of carbonyl (C=O) groups excluding carboxylic acids is 1. The van der Waals surface area contributed by atoms with E-state index in [0.29, 0.717) is 12.3 Å². The third-order valence-corrected chi connectivity index (χ3v) is 2.64. The van der Waals surface area contributed by atoms with Crippen LogP contribution in [0.25, 0.3) is 0 Å². The summed E-state index contributed by atoms with van der Waals surface area (Å²) in [5.74, 6) is 0.537. The molecule has 1 aromatic rings. The minimum absolute atomic E-state index is 0.160. The Labute approximate surface area is 109 Å². The maximum atomic E-state index is 11.9. The van der Waals surface area contributed by atoms with Gasteiger partial charge < -0.3 is 15.8 Å². The highest BCUT2D eigenvalue weighted by Crippen LogP contribution is 2.14. The van der Waals surface area contributed by atoms with Crippen LogP contribution < -0.4 is 15.8 Å². The molecular formula is C14H22N2O2. The zero-order chi connectivity index (χ0) is 13.8. The van der Waals surface area contributed by atoms with Crippen molar-refractivity contribution in [2.45, 2.75) is 39.3 Å². The van der Waals surface area contributed by atoms with E-state index in [0.717, 1.165) is 5.56 Å². The van der Waals surface area contributed by atoms with E-state index < -0.39 is 11.6 Å². The van der Waals surface area contributed by atoms with E-state index in [1.165, 1.54) is 0 Å². The van der Waals surface area contributed by atoms with Gasteiger partial charge in [0, 0.05) is 12.1 Å². The van der Waals surface area contributed by atoms with Crippen LogP contribution in [-0.2, 0) is 4.79 Å². The smallest absolute Gasteiger partial charge is 0.261 e. The van der Waals surface area contributed by atoms with Gasteiger partial charge in [-0.05, 0) is 45.4 Å². The Bertz CT molecular complexity index is 416. The van der Waals surface area contributed by atoms with Crippen molar-refractivity contribution >= 4 is 5.91 Å². The van der Waals surface area contributed by atoms with Crippen LogP contribution in [0.15, 0.2) is 24.3 Å². The molecule has 0 saturated heterocycles. The fourth-order valence-corrected chi connectivity index (χ4v) is 1.43. The van der Waals surface area contributed by atoms with Crippen molar-refractivity contribution in [2.24, 2.45) is 5.73 Å². The lowest BCUT2D eigenvalue weighted by Crippen LogP contribution is -2.52. The largest absolute Gasteiger partial charge is 0.481 e. The zero-order valence-electron chi connectivity index (χ0n) is 11.5. The number of hydrogen-bond donors (Lipinski definition) is 2. The minimum atomic E-state index is -0.544. The van der Waals surface area contributed by atoms with Crippen molar-refractivity contribution in [3.63, 3.8) is 0 Å². The van der Waals surface area contributed by atoms with E-state index in [4.69, 9.17) is 10.5 Å². The molecule has 0 spiro atoms. The molecule has 0 radical (unpaired) electrons. The first-order valence-corrected chi connectivity index (χ1v) is 6.09. The SMILES string of the molecule is Cc1cccc(OC(C)C(=O)NC(C)(C)CN)c1. The molecule has 3 N–H and O–H groups in total.